The summed E-state index contributed by atoms with van der Waals surface area (Å²) < 4.78 is 5.52. The fourth-order valence-electron chi connectivity index (χ4n) is 1.75. The van der Waals surface area contributed by atoms with Gasteiger partial charge in [-0.05, 0) is 44.0 Å². The van der Waals surface area contributed by atoms with Crippen LogP contribution in [-0.2, 0) is 0 Å². The Morgan fingerprint density at radius 1 is 1.17 bits per heavy atom. The smallest absolute Gasteiger partial charge is 0.119 e. The number of benzene rings is 1. The van der Waals surface area contributed by atoms with Gasteiger partial charge >= 0.3 is 0 Å². The van der Waals surface area contributed by atoms with Crippen LogP contribution < -0.4 is 10.1 Å². The maximum atomic E-state index is 10.2. The van der Waals surface area contributed by atoms with Crippen molar-refractivity contribution in [2.75, 3.05) is 13.2 Å². The third-order valence-electron chi connectivity index (χ3n) is 2.88. The van der Waals surface area contributed by atoms with Crippen molar-refractivity contribution in [2.24, 2.45) is 0 Å². The second-order valence-electron chi connectivity index (χ2n) is 4.61. The summed E-state index contributed by atoms with van der Waals surface area (Å²) in [6.07, 6.45) is 1.60. The number of rotatable bonds is 8. The SMILES string of the molecule is CCCNC(C)C(O)c1ccc(OCCC)cc1. The molecule has 0 radical (unpaired) electrons. The zero-order chi connectivity index (χ0) is 13.4. The summed E-state index contributed by atoms with van der Waals surface area (Å²) in [5.41, 5.74) is 0.926. The summed E-state index contributed by atoms with van der Waals surface area (Å²) in [6, 6.07) is 7.76. The molecule has 0 saturated carbocycles. The highest BCUT2D eigenvalue weighted by Gasteiger charge is 2.15. The van der Waals surface area contributed by atoms with E-state index in [4.69, 9.17) is 4.74 Å². The lowest BCUT2D eigenvalue weighted by atomic mass is 10.0. The Labute approximate surface area is 110 Å². The second kappa shape index (κ2) is 8.11. The molecule has 2 atom stereocenters. The van der Waals surface area contributed by atoms with Gasteiger partial charge in [-0.1, -0.05) is 26.0 Å². The number of ether oxygens (including phenoxy) is 1. The minimum Gasteiger partial charge on any atom is -0.494 e. The molecule has 0 aliphatic heterocycles. The lowest BCUT2D eigenvalue weighted by Gasteiger charge is -2.20. The van der Waals surface area contributed by atoms with Crippen LogP contribution in [0.25, 0.3) is 0 Å². The van der Waals surface area contributed by atoms with E-state index in [0.29, 0.717) is 0 Å². The fourth-order valence-corrected chi connectivity index (χ4v) is 1.75. The Morgan fingerprint density at radius 3 is 2.39 bits per heavy atom. The average Bonchev–Trinajstić information content (AvgIpc) is 2.42. The highest BCUT2D eigenvalue weighted by molar-refractivity contribution is 5.29. The van der Waals surface area contributed by atoms with Crippen LogP contribution in [0.3, 0.4) is 0 Å². The molecule has 1 aromatic rings. The van der Waals surface area contributed by atoms with E-state index in [-0.39, 0.29) is 6.04 Å². The molecule has 0 spiro atoms. The molecule has 0 aromatic heterocycles. The summed E-state index contributed by atoms with van der Waals surface area (Å²) in [6.45, 7) is 7.86. The number of aliphatic hydroxyl groups is 1. The molecule has 2 N–H and O–H groups in total. The van der Waals surface area contributed by atoms with Gasteiger partial charge in [0.15, 0.2) is 0 Å². The van der Waals surface area contributed by atoms with E-state index in [1.165, 1.54) is 0 Å². The van der Waals surface area contributed by atoms with Crippen LogP contribution in [-0.4, -0.2) is 24.3 Å². The normalized spacial score (nSPS) is 14.2. The molecule has 1 aromatic carbocycles. The monoisotopic (exact) mass is 251 g/mol. The number of hydrogen-bond donors (Lipinski definition) is 2. The summed E-state index contributed by atoms with van der Waals surface area (Å²) in [5.74, 6) is 0.863. The van der Waals surface area contributed by atoms with Crippen molar-refractivity contribution in [2.45, 2.75) is 45.8 Å². The minimum atomic E-state index is -0.475. The Morgan fingerprint density at radius 2 is 1.83 bits per heavy atom. The van der Waals surface area contributed by atoms with Crippen molar-refractivity contribution < 1.29 is 9.84 Å². The van der Waals surface area contributed by atoms with Crippen LogP contribution in [0, 0.1) is 0 Å². The first-order chi connectivity index (χ1) is 8.69. The topological polar surface area (TPSA) is 41.5 Å². The average molecular weight is 251 g/mol. The van der Waals surface area contributed by atoms with Crippen LogP contribution >= 0.6 is 0 Å². The first kappa shape index (κ1) is 15.0. The molecular formula is C15H25NO2. The lowest BCUT2D eigenvalue weighted by molar-refractivity contribution is 0.136. The van der Waals surface area contributed by atoms with Gasteiger partial charge in [-0.15, -0.1) is 0 Å². The van der Waals surface area contributed by atoms with Crippen LogP contribution in [0.1, 0.15) is 45.3 Å². The van der Waals surface area contributed by atoms with E-state index in [9.17, 15) is 5.11 Å². The molecule has 2 unspecified atom stereocenters. The van der Waals surface area contributed by atoms with Crippen LogP contribution in [0.2, 0.25) is 0 Å². The van der Waals surface area contributed by atoms with Crippen LogP contribution in [0.15, 0.2) is 24.3 Å². The summed E-state index contributed by atoms with van der Waals surface area (Å²) >= 11 is 0. The molecule has 0 bridgehead atoms. The molecule has 18 heavy (non-hydrogen) atoms. The zero-order valence-corrected chi connectivity index (χ0v) is 11.6. The molecule has 102 valence electrons. The molecule has 1 rings (SSSR count). The minimum absolute atomic E-state index is 0.0624. The van der Waals surface area contributed by atoms with E-state index in [1.807, 2.05) is 31.2 Å². The molecule has 0 saturated heterocycles. The van der Waals surface area contributed by atoms with Crippen molar-refractivity contribution in [3.8, 4) is 5.75 Å². The molecule has 3 nitrogen and oxygen atoms in total. The van der Waals surface area contributed by atoms with Gasteiger partial charge in [-0.25, -0.2) is 0 Å². The maximum absolute atomic E-state index is 10.2. The molecule has 0 amide bonds. The van der Waals surface area contributed by atoms with Gasteiger partial charge in [-0.3, -0.25) is 0 Å². The molecular weight excluding hydrogens is 226 g/mol. The number of aliphatic hydroxyl groups excluding tert-OH is 1. The summed E-state index contributed by atoms with van der Waals surface area (Å²) in [4.78, 5) is 0. The predicted octanol–water partition coefficient (Wildman–Crippen LogP) is 2.90. The number of nitrogens with one attached hydrogen (secondary N) is 1. The van der Waals surface area contributed by atoms with Crippen molar-refractivity contribution in [3.63, 3.8) is 0 Å². The maximum Gasteiger partial charge on any atom is 0.119 e. The van der Waals surface area contributed by atoms with Crippen molar-refractivity contribution >= 4 is 0 Å². The van der Waals surface area contributed by atoms with Crippen LogP contribution in [0.5, 0.6) is 5.75 Å². The molecule has 0 heterocycles. The Balaban J connectivity index is 2.55. The first-order valence-corrected chi connectivity index (χ1v) is 6.83. The Bertz CT molecular complexity index is 324. The molecule has 3 heteroatoms. The highest BCUT2D eigenvalue weighted by Crippen LogP contribution is 2.20. The van der Waals surface area contributed by atoms with Gasteiger partial charge in [0.2, 0.25) is 0 Å². The van der Waals surface area contributed by atoms with Gasteiger partial charge in [0.05, 0.1) is 12.7 Å². The third kappa shape index (κ3) is 4.67. The second-order valence-corrected chi connectivity index (χ2v) is 4.61. The summed E-state index contributed by atoms with van der Waals surface area (Å²) in [5, 5.41) is 13.5. The summed E-state index contributed by atoms with van der Waals surface area (Å²) in [7, 11) is 0. The van der Waals surface area contributed by atoms with Crippen molar-refractivity contribution in [3.05, 3.63) is 29.8 Å². The van der Waals surface area contributed by atoms with Gasteiger partial charge in [0.25, 0.3) is 0 Å². The predicted molar refractivity (Wildman–Crippen MR) is 74.9 cm³/mol. The quantitative estimate of drug-likeness (QED) is 0.746. The van der Waals surface area contributed by atoms with Crippen LogP contribution in [0.4, 0.5) is 0 Å². The fraction of sp³-hybridized carbons (Fsp3) is 0.600. The first-order valence-electron chi connectivity index (χ1n) is 6.83. The van der Waals surface area contributed by atoms with E-state index < -0.39 is 6.10 Å². The van der Waals surface area contributed by atoms with E-state index >= 15 is 0 Å². The standard InChI is InChI=1S/C15H25NO2/c1-4-10-16-12(3)15(17)13-6-8-14(9-7-13)18-11-5-2/h6-9,12,15-17H,4-5,10-11H2,1-3H3. The van der Waals surface area contributed by atoms with Gasteiger partial charge in [0.1, 0.15) is 5.75 Å². The zero-order valence-electron chi connectivity index (χ0n) is 11.6. The lowest BCUT2D eigenvalue weighted by Crippen LogP contribution is -2.32. The molecule has 0 aliphatic carbocycles. The van der Waals surface area contributed by atoms with Gasteiger partial charge < -0.3 is 15.2 Å². The van der Waals surface area contributed by atoms with Crippen molar-refractivity contribution in [1.29, 1.82) is 0 Å². The van der Waals surface area contributed by atoms with Gasteiger partial charge in [-0.2, -0.15) is 0 Å². The van der Waals surface area contributed by atoms with Crippen molar-refractivity contribution in [1.82, 2.24) is 5.32 Å². The molecule has 0 fully saturated rings. The Kier molecular flexibility index (Phi) is 6.76. The van der Waals surface area contributed by atoms with E-state index in [0.717, 1.165) is 37.3 Å². The number of hydrogen-bond acceptors (Lipinski definition) is 3. The van der Waals surface area contributed by atoms with E-state index in [2.05, 4.69) is 19.2 Å². The third-order valence-corrected chi connectivity index (χ3v) is 2.88. The largest absolute Gasteiger partial charge is 0.494 e. The highest BCUT2D eigenvalue weighted by atomic mass is 16.5. The molecule has 0 aliphatic rings. The van der Waals surface area contributed by atoms with E-state index in [1.54, 1.807) is 0 Å². The Hall–Kier alpha value is -1.06. The van der Waals surface area contributed by atoms with Gasteiger partial charge in [0, 0.05) is 6.04 Å².